The number of amides is 1. The highest BCUT2D eigenvalue weighted by Gasteiger charge is 2.33. The fourth-order valence-corrected chi connectivity index (χ4v) is 3.48. The predicted molar refractivity (Wildman–Crippen MR) is 85.1 cm³/mol. The summed E-state index contributed by atoms with van der Waals surface area (Å²) >= 11 is 0. The quantitative estimate of drug-likeness (QED) is 0.895. The van der Waals surface area contributed by atoms with E-state index < -0.39 is 0 Å². The molecule has 2 heterocycles. The summed E-state index contributed by atoms with van der Waals surface area (Å²) in [5.41, 5.74) is 0.949. The van der Waals surface area contributed by atoms with E-state index in [0.717, 1.165) is 24.2 Å². The number of carbonyl (C=O) groups excluding carboxylic acids is 1. The first-order chi connectivity index (χ1) is 9.74. The van der Waals surface area contributed by atoms with E-state index >= 15 is 0 Å². The molecule has 3 rings (SSSR count). The largest absolute Gasteiger partial charge is 0.496 e. The summed E-state index contributed by atoms with van der Waals surface area (Å²) in [7, 11) is 1.64. The number of ether oxygens (including phenoxy) is 1. The van der Waals surface area contributed by atoms with Crippen molar-refractivity contribution in [2.45, 2.75) is 50.2 Å². The van der Waals surface area contributed by atoms with E-state index in [2.05, 4.69) is 10.6 Å². The zero-order chi connectivity index (χ0) is 13.9. The average Bonchev–Trinajstić information content (AvgIpc) is 2.78. The first-order valence-corrected chi connectivity index (χ1v) is 7.42. The Morgan fingerprint density at radius 2 is 1.95 bits per heavy atom. The van der Waals surface area contributed by atoms with Crippen molar-refractivity contribution < 1.29 is 9.53 Å². The number of rotatable bonds is 4. The molecule has 0 saturated carbocycles. The second-order valence-electron chi connectivity index (χ2n) is 5.86. The smallest absolute Gasteiger partial charge is 0.224 e. The molecule has 1 aromatic carbocycles. The number of piperidine rings is 1. The van der Waals surface area contributed by atoms with Crippen molar-refractivity contribution in [3.8, 4) is 5.75 Å². The highest BCUT2D eigenvalue weighted by Crippen LogP contribution is 2.27. The van der Waals surface area contributed by atoms with Crippen LogP contribution in [-0.4, -0.2) is 31.1 Å². The fourth-order valence-electron chi connectivity index (χ4n) is 3.48. The molecule has 2 atom stereocenters. The van der Waals surface area contributed by atoms with Crippen LogP contribution in [0.2, 0.25) is 0 Å². The van der Waals surface area contributed by atoms with E-state index in [1.54, 1.807) is 7.11 Å². The summed E-state index contributed by atoms with van der Waals surface area (Å²) < 4.78 is 5.29. The lowest BCUT2D eigenvalue weighted by molar-refractivity contribution is -0.121. The fraction of sp³-hybridized carbons (Fsp3) is 0.562. The molecule has 4 nitrogen and oxygen atoms in total. The molecule has 2 N–H and O–H groups in total. The van der Waals surface area contributed by atoms with Gasteiger partial charge in [0.15, 0.2) is 0 Å². The molecule has 2 bridgehead atoms. The average molecular weight is 311 g/mol. The van der Waals surface area contributed by atoms with Crippen LogP contribution in [0.1, 0.15) is 31.2 Å². The third kappa shape index (κ3) is 3.89. The highest BCUT2D eigenvalue weighted by molar-refractivity contribution is 5.85. The molecular weight excluding hydrogens is 288 g/mol. The van der Waals surface area contributed by atoms with E-state index in [9.17, 15) is 4.79 Å². The van der Waals surface area contributed by atoms with Crippen LogP contribution in [0.5, 0.6) is 5.75 Å². The molecule has 0 aliphatic carbocycles. The third-order valence-electron chi connectivity index (χ3n) is 4.38. The molecule has 2 aliphatic rings. The molecule has 1 aromatic rings. The summed E-state index contributed by atoms with van der Waals surface area (Å²) in [5.74, 6) is 0.883. The van der Waals surface area contributed by atoms with Crippen molar-refractivity contribution in [2.24, 2.45) is 0 Å². The topological polar surface area (TPSA) is 50.4 Å². The first-order valence-electron chi connectivity index (χ1n) is 7.42. The molecule has 2 fully saturated rings. The van der Waals surface area contributed by atoms with Gasteiger partial charge in [0.2, 0.25) is 5.91 Å². The monoisotopic (exact) mass is 310 g/mol. The molecular formula is C16H23ClN2O2. The molecule has 0 aromatic heterocycles. The zero-order valence-electron chi connectivity index (χ0n) is 12.3. The summed E-state index contributed by atoms with van der Waals surface area (Å²) in [6.07, 6.45) is 5.03. The van der Waals surface area contributed by atoms with Crippen LogP contribution < -0.4 is 15.4 Å². The number of para-hydroxylation sites is 1. The predicted octanol–water partition coefficient (Wildman–Crippen LogP) is 2.06. The van der Waals surface area contributed by atoms with Crippen molar-refractivity contribution >= 4 is 18.3 Å². The maximum absolute atomic E-state index is 12.2. The number of benzene rings is 1. The summed E-state index contributed by atoms with van der Waals surface area (Å²) in [5, 5.41) is 6.78. The van der Waals surface area contributed by atoms with E-state index in [4.69, 9.17) is 4.74 Å². The van der Waals surface area contributed by atoms with Gasteiger partial charge in [0.05, 0.1) is 13.5 Å². The number of carbonyl (C=O) groups is 1. The van der Waals surface area contributed by atoms with Crippen molar-refractivity contribution in [2.75, 3.05) is 7.11 Å². The zero-order valence-corrected chi connectivity index (χ0v) is 13.1. The summed E-state index contributed by atoms with van der Waals surface area (Å²) in [4.78, 5) is 12.2. The third-order valence-corrected chi connectivity index (χ3v) is 4.38. The lowest BCUT2D eigenvalue weighted by Gasteiger charge is -2.29. The van der Waals surface area contributed by atoms with Gasteiger partial charge in [-0.05, 0) is 31.7 Å². The molecule has 2 saturated heterocycles. The van der Waals surface area contributed by atoms with Gasteiger partial charge < -0.3 is 15.4 Å². The Bertz CT molecular complexity index is 483. The molecule has 5 heteroatoms. The number of hydrogen-bond donors (Lipinski definition) is 2. The van der Waals surface area contributed by atoms with Crippen LogP contribution >= 0.6 is 12.4 Å². The second kappa shape index (κ2) is 7.14. The molecule has 21 heavy (non-hydrogen) atoms. The van der Waals surface area contributed by atoms with Gasteiger partial charge in [-0.1, -0.05) is 18.2 Å². The Kier molecular flexibility index (Phi) is 5.48. The van der Waals surface area contributed by atoms with Gasteiger partial charge in [-0.2, -0.15) is 0 Å². The molecule has 2 aliphatic heterocycles. The van der Waals surface area contributed by atoms with Crippen molar-refractivity contribution in [1.82, 2.24) is 10.6 Å². The van der Waals surface area contributed by atoms with Gasteiger partial charge in [-0.15, -0.1) is 12.4 Å². The van der Waals surface area contributed by atoms with Crippen molar-refractivity contribution in [3.05, 3.63) is 29.8 Å². The van der Waals surface area contributed by atoms with Gasteiger partial charge in [0.1, 0.15) is 5.75 Å². The Morgan fingerprint density at radius 1 is 1.29 bits per heavy atom. The van der Waals surface area contributed by atoms with Crippen LogP contribution in [0, 0.1) is 0 Å². The Hall–Kier alpha value is -1.26. The molecule has 0 spiro atoms. The Labute approximate surface area is 132 Å². The standard InChI is InChI=1S/C16H22N2O2.ClH/c1-20-15-5-3-2-4-11(15)8-16(19)18-14-9-12-6-7-13(10-14)17-12;/h2-5,12-14,17H,6-10H2,1H3,(H,18,19);1H. The van der Waals surface area contributed by atoms with Gasteiger partial charge in [0, 0.05) is 23.7 Å². The number of methoxy groups -OCH3 is 1. The van der Waals surface area contributed by atoms with Crippen LogP contribution in [0.4, 0.5) is 0 Å². The van der Waals surface area contributed by atoms with E-state index in [1.165, 1.54) is 12.8 Å². The number of nitrogens with one attached hydrogen (secondary N) is 2. The Balaban J connectivity index is 0.00000161. The lowest BCUT2D eigenvalue weighted by atomic mass is 9.99. The molecule has 2 unspecified atom stereocenters. The highest BCUT2D eigenvalue weighted by atomic mass is 35.5. The second-order valence-corrected chi connectivity index (χ2v) is 5.86. The van der Waals surface area contributed by atoms with Gasteiger partial charge in [-0.25, -0.2) is 0 Å². The van der Waals surface area contributed by atoms with Crippen molar-refractivity contribution in [1.29, 1.82) is 0 Å². The Morgan fingerprint density at radius 3 is 2.62 bits per heavy atom. The van der Waals surface area contributed by atoms with Gasteiger partial charge in [-0.3, -0.25) is 4.79 Å². The van der Waals surface area contributed by atoms with Crippen LogP contribution in [0.25, 0.3) is 0 Å². The van der Waals surface area contributed by atoms with Crippen molar-refractivity contribution in [3.63, 3.8) is 0 Å². The van der Waals surface area contributed by atoms with E-state index in [0.29, 0.717) is 24.5 Å². The lowest BCUT2D eigenvalue weighted by Crippen LogP contribution is -2.48. The van der Waals surface area contributed by atoms with Gasteiger partial charge >= 0.3 is 0 Å². The number of halogens is 1. The molecule has 0 radical (unpaired) electrons. The molecule has 116 valence electrons. The van der Waals surface area contributed by atoms with E-state index in [1.807, 2.05) is 24.3 Å². The van der Waals surface area contributed by atoms with E-state index in [-0.39, 0.29) is 18.3 Å². The SMILES string of the molecule is COc1ccccc1CC(=O)NC1CC2CCC(C1)N2.Cl. The summed E-state index contributed by atoms with van der Waals surface area (Å²) in [6, 6.07) is 9.24. The van der Waals surface area contributed by atoms with Gasteiger partial charge in [0.25, 0.3) is 0 Å². The number of hydrogen-bond acceptors (Lipinski definition) is 3. The first kappa shape index (κ1) is 16.1. The maximum Gasteiger partial charge on any atom is 0.224 e. The minimum absolute atomic E-state index is 0. The van der Waals surface area contributed by atoms with Crippen LogP contribution in [0.3, 0.4) is 0 Å². The maximum atomic E-state index is 12.2. The minimum Gasteiger partial charge on any atom is -0.496 e. The normalized spacial score (nSPS) is 26.8. The summed E-state index contributed by atoms with van der Waals surface area (Å²) in [6.45, 7) is 0. The minimum atomic E-state index is 0. The van der Waals surface area contributed by atoms with Crippen LogP contribution in [-0.2, 0) is 11.2 Å². The number of fused-ring (bicyclic) bond motifs is 2. The molecule has 1 amide bonds. The van der Waals surface area contributed by atoms with Crippen LogP contribution in [0.15, 0.2) is 24.3 Å².